The van der Waals surface area contributed by atoms with Gasteiger partial charge in [-0.05, 0) is 0 Å². The molecule has 2 heterocycles. The average molecular weight is 314 g/mol. The van der Waals surface area contributed by atoms with E-state index in [4.69, 9.17) is 0 Å². The van der Waals surface area contributed by atoms with E-state index in [1.807, 2.05) is 47.7 Å². The summed E-state index contributed by atoms with van der Waals surface area (Å²) in [7, 11) is 3.84. The third kappa shape index (κ3) is 1.59. The molecule has 1 aliphatic carbocycles. The van der Waals surface area contributed by atoms with Gasteiger partial charge in [-0.1, -0.05) is 59.0 Å². The fourth-order valence-corrected chi connectivity index (χ4v) is 3.47. The highest BCUT2D eigenvalue weighted by Crippen LogP contribution is 2.09. The molecule has 0 atom stereocenters. The van der Waals surface area contributed by atoms with Gasteiger partial charge in [0.05, 0.1) is 10.7 Å². The van der Waals surface area contributed by atoms with Gasteiger partial charge in [0.25, 0.3) is 0 Å². The maximum atomic E-state index is 4.45. The molecule has 0 saturated carbocycles. The maximum absolute atomic E-state index is 4.45. The standard InChI is InChI=1S/C18H14N6/c1-23-17-13-9-5-3-7-11(13)16-18(24(2)22-20-16)14-10-6-4-8-12(14)15(17)19-21-23/h3-10H,1-2H3/b15-12+,16-11+,17-13+,18-14+. The van der Waals surface area contributed by atoms with E-state index in [-0.39, 0.29) is 0 Å². The van der Waals surface area contributed by atoms with Crippen LogP contribution in [0.3, 0.4) is 0 Å². The van der Waals surface area contributed by atoms with E-state index in [0.29, 0.717) is 0 Å². The number of nitrogens with zero attached hydrogens (tertiary/aromatic N) is 6. The van der Waals surface area contributed by atoms with E-state index in [1.54, 1.807) is 0 Å². The van der Waals surface area contributed by atoms with Gasteiger partial charge in [-0.2, -0.15) is 0 Å². The van der Waals surface area contributed by atoms with Crippen molar-refractivity contribution in [2.45, 2.75) is 0 Å². The van der Waals surface area contributed by atoms with Gasteiger partial charge in [-0.25, -0.2) is 9.36 Å². The molecule has 2 aromatic carbocycles. The average Bonchev–Trinajstić information content (AvgIpc) is 3.16. The Bertz CT molecular complexity index is 1360. The quantitative estimate of drug-likeness (QED) is 0.433. The molecule has 2 aromatic heterocycles. The van der Waals surface area contributed by atoms with Crippen molar-refractivity contribution in [3.05, 3.63) is 90.8 Å². The number of aromatic nitrogens is 6. The van der Waals surface area contributed by atoms with Crippen LogP contribution in [-0.2, 0) is 14.1 Å². The molecule has 24 heavy (non-hydrogen) atoms. The fourth-order valence-electron chi connectivity index (χ4n) is 3.47. The van der Waals surface area contributed by atoms with Gasteiger partial charge in [0, 0.05) is 35.0 Å². The number of hydrogen-bond donors (Lipinski definition) is 0. The Balaban J connectivity index is 2.50. The Hall–Kier alpha value is -3.28. The zero-order chi connectivity index (χ0) is 16.3. The van der Waals surface area contributed by atoms with Crippen molar-refractivity contribution in [3.8, 4) is 0 Å². The van der Waals surface area contributed by atoms with Crippen LogP contribution in [0, 0.1) is 42.3 Å². The lowest BCUT2D eigenvalue weighted by Gasteiger charge is -1.97. The normalized spacial score (nSPS) is 17.8. The lowest BCUT2D eigenvalue weighted by molar-refractivity contribution is 0.697. The second-order valence-corrected chi connectivity index (χ2v) is 5.91. The van der Waals surface area contributed by atoms with Gasteiger partial charge in [0.15, 0.2) is 0 Å². The van der Waals surface area contributed by atoms with E-state index in [0.717, 1.165) is 42.3 Å². The molecule has 0 spiro atoms. The van der Waals surface area contributed by atoms with Gasteiger partial charge < -0.3 is 0 Å². The third-order valence-corrected chi connectivity index (χ3v) is 4.53. The first-order valence-corrected chi connectivity index (χ1v) is 7.74. The Morgan fingerprint density at radius 3 is 1.38 bits per heavy atom. The molecule has 0 unspecified atom stereocenters. The Labute approximate surface area is 135 Å². The lowest BCUT2D eigenvalue weighted by atomic mass is 10.1. The summed E-state index contributed by atoms with van der Waals surface area (Å²) in [6.07, 6.45) is 0. The zero-order valence-electron chi connectivity index (χ0n) is 13.3. The topological polar surface area (TPSA) is 61.4 Å². The molecule has 4 aromatic rings. The Morgan fingerprint density at radius 2 is 0.958 bits per heavy atom. The Morgan fingerprint density at radius 1 is 0.583 bits per heavy atom. The minimum atomic E-state index is 0.882. The van der Waals surface area contributed by atoms with Gasteiger partial charge in [-0.15, -0.1) is 10.2 Å². The van der Waals surface area contributed by atoms with E-state index in [2.05, 4.69) is 44.9 Å². The SMILES string of the molecule is Cn1nnc2/c1=c1/cccc/c1=c1\nnn(C)\c1=c1/cccc/c1=2. The van der Waals surface area contributed by atoms with E-state index >= 15 is 0 Å². The largest absolute Gasteiger partial charge is 0.247 e. The zero-order valence-corrected chi connectivity index (χ0v) is 13.3. The third-order valence-electron chi connectivity index (χ3n) is 4.53. The predicted molar refractivity (Wildman–Crippen MR) is 85.6 cm³/mol. The summed E-state index contributed by atoms with van der Waals surface area (Å²) in [4.78, 5) is 0. The van der Waals surface area contributed by atoms with Crippen molar-refractivity contribution >= 4 is 0 Å². The molecule has 0 radical (unpaired) electrons. The predicted octanol–water partition coefficient (Wildman–Crippen LogP) is 1.40. The monoisotopic (exact) mass is 314 g/mol. The molecular weight excluding hydrogens is 300 g/mol. The van der Waals surface area contributed by atoms with Crippen molar-refractivity contribution in [3.63, 3.8) is 0 Å². The van der Waals surface area contributed by atoms with Crippen LogP contribution in [0.2, 0.25) is 0 Å². The molecular formula is C18H14N6. The van der Waals surface area contributed by atoms with Crippen LogP contribution in [-0.4, -0.2) is 30.0 Å². The second kappa shape index (κ2) is 4.61. The van der Waals surface area contributed by atoms with Crippen LogP contribution in [0.5, 0.6) is 0 Å². The first-order valence-electron chi connectivity index (χ1n) is 7.74. The van der Waals surface area contributed by atoms with Crippen molar-refractivity contribution in [2.75, 3.05) is 0 Å². The molecule has 1 aliphatic rings. The highest BCUT2D eigenvalue weighted by atomic mass is 15.4. The summed E-state index contributed by atoms with van der Waals surface area (Å²) in [6, 6.07) is 16.4. The van der Waals surface area contributed by atoms with Crippen molar-refractivity contribution in [1.29, 1.82) is 0 Å². The van der Waals surface area contributed by atoms with Crippen LogP contribution in [0.4, 0.5) is 0 Å². The van der Waals surface area contributed by atoms with Gasteiger partial charge in [-0.3, -0.25) is 0 Å². The lowest BCUT2D eigenvalue weighted by Crippen LogP contribution is -1.96. The second-order valence-electron chi connectivity index (χ2n) is 5.91. The first kappa shape index (κ1) is 13.2. The van der Waals surface area contributed by atoms with Crippen LogP contribution < -0.4 is 0 Å². The number of benzene rings is 2. The highest BCUT2D eigenvalue weighted by molar-refractivity contribution is 5.21. The van der Waals surface area contributed by atoms with Crippen molar-refractivity contribution in [1.82, 2.24) is 30.0 Å². The molecule has 6 nitrogen and oxygen atoms in total. The summed E-state index contributed by atoms with van der Waals surface area (Å²) >= 11 is 0. The van der Waals surface area contributed by atoms with E-state index in [9.17, 15) is 0 Å². The van der Waals surface area contributed by atoms with Crippen molar-refractivity contribution < 1.29 is 0 Å². The molecule has 0 saturated heterocycles. The Kier molecular flexibility index (Phi) is 2.53. The van der Waals surface area contributed by atoms with E-state index < -0.39 is 0 Å². The molecule has 0 fully saturated rings. The summed E-state index contributed by atoms with van der Waals surface area (Å²) < 4.78 is 3.65. The number of rotatable bonds is 0. The summed E-state index contributed by atoms with van der Waals surface area (Å²) in [6.45, 7) is 0. The maximum Gasteiger partial charge on any atom is 0.121 e. The number of aryl methyl sites for hydroxylation is 2. The van der Waals surface area contributed by atoms with Crippen molar-refractivity contribution in [2.24, 2.45) is 14.1 Å². The van der Waals surface area contributed by atoms with Crippen LogP contribution >= 0.6 is 0 Å². The minimum Gasteiger partial charge on any atom is -0.247 e. The summed E-state index contributed by atoms with van der Waals surface area (Å²) in [5, 5.41) is 25.4. The van der Waals surface area contributed by atoms with Gasteiger partial charge in [0.2, 0.25) is 0 Å². The number of hydrogen-bond acceptors (Lipinski definition) is 4. The fraction of sp³-hybridized carbons (Fsp3) is 0.111. The smallest absolute Gasteiger partial charge is 0.121 e. The summed E-state index contributed by atoms with van der Waals surface area (Å²) in [5.74, 6) is 0. The van der Waals surface area contributed by atoms with Crippen LogP contribution in [0.25, 0.3) is 0 Å². The molecule has 6 heteroatoms. The molecule has 0 aliphatic heterocycles. The molecule has 0 N–H and O–H groups in total. The van der Waals surface area contributed by atoms with Gasteiger partial charge in [0.1, 0.15) is 10.7 Å². The number of fused-ring (bicyclic) bond motifs is 4. The summed E-state index contributed by atoms with van der Waals surface area (Å²) in [5.41, 5.74) is 0. The first-order chi connectivity index (χ1) is 11.8. The molecule has 5 rings (SSSR count). The van der Waals surface area contributed by atoms with Crippen LogP contribution in [0.1, 0.15) is 0 Å². The highest BCUT2D eigenvalue weighted by Gasteiger charge is 2.07. The van der Waals surface area contributed by atoms with Crippen LogP contribution in [0.15, 0.2) is 48.5 Å². The van der Waals surface area contributed by atoms with E-state index in [1.165, 1.54) is 0 Å². The molecule has 0 bridgehead atoms. The van der Waals surface area contributed by atoms with Gasteiger partial charge >= 0.3 is 0 Å². The minimum absolute atomic E-state index is 0.882. The molecule has 116 valence electrons. The molecule has 0 amide bonds.